The van der Waals surface area contributed by atoms with E-state index in [2.05, 4.69) is 38.5 Å². The van der Waals surface area contributed by atoms with E-state index >= 15 is 0 Å². The number of nitrogens with zero attached hydrogens (tertiary/aromatic N) is 2. The number of hydrogen-bond donors (Lipinski definition) is 9. The third-order valence-electron chi connectivity index (χ3n) is 7.96. The molecule has 0 radical (unpaired) electrons. The van der Waals surface area contributed by atoms with E-state index < -0.39 is 48.6 Å². The quantitative estimate of drug-likeness (QED) is 0.0398. The summed E-state index contributed by atoms with van der Waals surface area (Å²) in [5.41, 5.74) is 8.49. The van der Waals surface area contributed by atoms with Crippen molar-refractivity contribution in [1.29, 1.82) is 0 Å². The topological polar surface area (TPSA) is 266 Å². The van der Waals surface area contributed by atoms with Gasteiger partial charge < -0.3 is 65.8 Å². The normalized spacial score (nSPS) is 19.6. The lowest BCUT2D eigenvalue weighted by Crippen LogP contribution is -2.60. The van der Waals surface area contributed by atoms with E-state index in [0.29, 0.717) is 63.0 Å². The third kappa shape index (κ3) is 12.3. The van der Waals surface area contributed by atoms with Gasteiger partial charge in [-0.3, -0.25) is 9.59 Å². The Hall–Kier alpha value is -4.44. The van der Waals surface area contributed by atoms with E-state index in [4.69, 9.17) is 34.5 Å². The second kappa shape index (κ2) is 21.4. The summed E-state index contributed by atoms with van der Waals surface area (Å²) in [6.45, 7) is 2.88. The number of nitrogens with two attached hydrogens (primary N) is 1. The molecular weight excluding hydrogens is 728 g/mol. The molecule has 5 atom stereocenters. The van der Waals surface area contributed by atoms with Crippen molar-refractivity contribution in [3.8, 4) is 17.0 Å². The first-order chi connectivity index (χ1) is 26.0. The Labute approximate surface area is 316 Å². The number of carboxylic acid groups (broad SMARTS) is 1. The number of aromatic nitrogens is 2. The average molecular weight is 775 g/mol. The van der Waals surface area contributed by atoms with E-state index in [9.17, 15) is 29.7 Å². The van der Waals surface area contributed by atoms with E-state index in [0.717, 1.165) is 16.0 Å². The number of ether oxygens (including phenoxy) is 5. The monoisotopic (exact) mass is 774 g/mol. The van der Waals surface area contributed by atoms with Crippen LogP contribution in [0, 0.1) is 0 Å². The Bertz CT molecular complexity index is 1690. The molecular formula is C35H46N6O12S. The summed E-state index contributed by atoms with van der Waals surface area (Å²) in [5, 5.41) is 47.6. The molecule has 0 saturated carbocycles. The Morgan fingerprint density at radius 3 is 2.39 bits per heavy atom. The average Bonchev–Trinajstić information content (AvgIpc) is 3.15. The van der Waals surface area contributed by atoms with Crippen LogP contribution in [0.15, 0.2) is 53.6 Å². The zero-order valence-corrected chi connectivity index (χ0v) is 30.4. The predicted molar refractivity (Wildman–Crippen MR) is 196 cm³/mol. The second-order valence-corrected chi connectivity index (χ2v) is 12.5. The summed E-state index contributed by atoms with van der Waals surface area (Å²) in [7, 11) is 1.80. The molecule has 1 aliphatic heterocycles. The molecule has 9 N–H and O–H groups in total. The van der Waals surface area contributed by atoms with Gasteiger partial charge in [0.05, 0.1) is 44.0 Å². The maximum absolute atomic E-state index is 13.3. The maximum atomic E-state index is 13.3. The minimum atomic E-state index is -1.87. The minimum absolute atomic E-state index is 0.0156. The van der Waals surface area contributed by atoms with Crippen molar-refractivity contribution in [2.45, 2.75) is 55.0 Å². The van der Waals surface area contributed by atoms with Gasteiger partial charge in [0.2, 0.25) is 6.29 Å². The Balaban J connectivity index is 1.12. The van der Waals surface area contributed by atoms with Crippen LogP contribution in [0.2, 0.25) is 0 Å². The van der Waals surface area contributed by atoms with Crippen LogP contribution in [-0.2, 0) is 35.1 Å². The highest BCUT2D eigenvalue weighted by molar-refractivity contribution is 7.80. The van der Waals surface area contributed by atoms with Crippen molar-refractivity contribution < 1.29 is 58.5 Å². The summed E-state index contributed by atoms with van der Waals surface area (Å²) < 4.78 is 27.1. The first-order valence-electron chi connectivity index (χ1n) is 17.1. The number of amides is 1. The molecule has 2 aromatic carbocycles. The van der Waals surface area contributed by atoms with Crippen molar-refractivity contribution >= 4 is 42.0 Å². The number of aliphatic hydroxyl groups is 3. The van der Waals surface area contributed by atoms with Gasteiger partial charge in [0.1, 0.15) is 30.7 Å². The van der Waals surface area contributed by atoms with Gasteiger partial charge in [-0.05, 0) is 38.2 Å². The van der Waals surface area contributed by atoms with Crippen LogP contribution in [0.3, 0.4) is 0 Å². The number of nitrogens with one attached hydrogen (secondary N) is 3. The van der Waals surface area contributed by atoms with Crippen molar-refractivity contribution in [2.75, 3.05) is 64.2 Å². The molecule has 54 heavy (non-hydrogen) atoms. The summed E-state index contributed by atoms with van der Waals surface area (Å²) in [5.74, 6) is -2.43. The van der Waals surface area contributed by atoms with Gasteiger partial charge in [-0.1, -0.05) is 24.3 Å². The van der Waals surface area contributed by atoms with Crippen molar-refractivity contribution in [3.05, 3.63) is 59.9 Å². The first kappa shape index (κ1) is 42.3. The van der Waals surface area contributed by atoms with E-state index in [1.165, 1.54) is 6.20 Å². The van der Waals surface area contributed by atoms with Gasteiger partial charge in [0, 0.05) is 35.5 Å². The predicted octanol–water partition coefficient (Wildman–Crippen LogP) is 0.203. The standard InChI is InChI=1S/C35H46N6O12S/c1-37-18-21-4-2-5-23(41-33(46)26-32(36)39-19-24(40-26)20-7-9-22(54)10-8-20)30(21)51-17-16-50-15-14-49-13-12-38-11-3-6-25(42)52-35-29(45)27(43)28(44)31(53-35)34(47)48/h2,4-5,7-10,19,27-29,31,35,37-38,43-45,54H,3,6,11-18H2,1H3,(H2,36,39)(H,41,46)(H,47,48). The summed E-state index contributed by atoms with van der Waals surface area (Å²) in [4.78, 5) is 46.0. The van der Waals surface area contributed by atoms with Gasteiger partial charge in [-0.25, -0.2) is 14.8 Å². The molecule has 0 bridgehead atoms. The van der Waals surface area contributed by atoms with E-state index in [1.54, 1.807) is 19.2 Å². The summed E-state index contributed by atoms with van der Waals surface area (Å²) in [6, 6.07) is 12.7. The molecule has 2 heterocycles. The number of carbonyl (C=O) groups excluding carboxylic acids is 2. The number of esters is 1. The number of thiol groups is 1. The van der Waals surface area contributed by atoms with Crippen LogP contribution in [0.1, 0.15) is 28.9 Å². The smallest absolute Gasteiger partial charge is 0.335 e. The number of rotatable bonds is 21. The van der Waals surface area contributed by atoms with Crippen LogP contribution in [0.25, 0.3) is 11.3 Å². The third-order valence-corrected chi connectivity index (χ3v) is 8.25. The van der Waals surface area contributed by atoms with E-state index in [1.807, 2.05) is 30.3 Å². The van der Waals surface area contributed by atoms with Crippen molar-refractivity contribution in [3.63, 3.8) is 0 Å². The number of carboxylic acids is 1. The van der Waals surface area contributed by atoms with Gasteiger partial charge in [-0.2, -0.15) is 0 Å². The zero-order chi connectivity index (χ0) is 39.0. The van der Waals surface area contributed by atoms with Crippen LogP contribution in [0.5, 0.6) is 5.75 Å². The van der Waals surface area contributed by atoms with Gasteiger partial charge in [0.25, 0.3) is 5.91 Å². The van der Waals surface area contributed by atoms with Crippen LogP contribution >= 0.6 is 12.6 Å². The lowest BCUT2D eigenvalue weighted by molar-refractivity contribution is -0.286. The molecule has 18 nitrogen and oxygen atoms in total. The molecule has 19 heteroatoms. The summed E-state index contributed by atoms with van der Waals surface area (Å²) >= 11 is 4.31. The number of benzene rings is 2. The van der Waals surface area contributed by atoms with Gasteiger partial charge in [0.15, 0.2) is 17.6 Å². The zero-order valence-electron chi connectivity index (χ0n) is 29.6. The summed E-state index contributed by atoms with van der Waals surface area (Å²) in [6.07, 6.45) is -7.29. The highest BCUT2D eigenvalue weighted by Gasteiger charge is 2.48. The number of nitrogen functional groups attached to an aromatic ring is 1. The van der Waals surface area contributed by atoms with Gasteiger partial charge in [-0.15, -0.1) is 12.6 Å². The largest absolute Gasteiger partial charge is 0.489 e. The number of carbonyl (C=O) groups is 3. The molecule has 1 amide bonds. The lowest BCUT2D eigenvalue weighted by Gasteiger charge is -2.37. The van der Waals surface area contributed by atoms with Crippen LogP contribution in [0.4, 0.5) is 11.5 Å². The molecule has 5 unspecified atom stereocenters. The fourth-order valence-electron chi connectivity index (χ4n) is 5.19. The van der Waals surface area contributed by atoms with Crippen LogP contribution in [-0.4, -0.2) is 132 Å². The van der Waals surface area contributed by atoms with Gasteiger partial charge >= 0.3 is 11.9 Å². The molecule has 1 aliphatic rings. The number of anilines is 2. The van der Waals surface area contributed by atoms with Crippen molar-refractivity contribution in [2.24, 2.45) is 0 Å². The molecule has 3 aromatic rings. The Morgan fingerprint density at radius 1 is 0.944 bits per heavy atom. The SMILES string of the molecule is CNCc1cccc(NC(=O)c2nc(-c3ccc(S)cc3)cnc2N)c1OCCOCCOCCNCCCC(=O)OC1OC(C(=O)O)C(O)C(O)C1O. The van der Waals surface area contributed by atoms with E-state index in [-0.39, 0.29) is 31.1 Å². The molecule has 0 spiro atoms. The fourth-order valence-corrected chi connectivity index (χ4v) is 5.34. The highest BCUT2D eigenvalue weighted by Crippen LogP contribution is 2.30. The first-order valence-corrected chi connectivity index (χ1v) is 17.6. The molecule has 4 rings (SSSR count). The number of para-hydroxylation sites is 1. The molecule has 0 aliphatic carbocycles. The Kier molecular flexibility index (Phi) is 16.8. The molecule has 294 valence electrons. The Morgan fingerprint density at radius 2 is 1.67 bits per heavy atom. The number of aliphatic hydroxyl groups excluding tert-OH is 3. The molecule has 1 saturated heterocycles. The lowest BCUT2D eigenvalue weighted by atomic mass is 9.99. The maximum Gasteiger partial charge on any atom is 0.335 e. The fraction of sp³-hybridized carbons (Fsp3) is 0.457. The van der Waals surface area contributed by atoms with Crippen LogP contribution < -0.4 is 26.4 Å². The second-order valence-electron chi connectivity index (χ2n) is 12.0. The van der Waals surface area contributed by atoms with Crippen molar-refractivity contribution in [1.82, 2.24) is 20.6 Å². The minimum Gasteiger partial charge on any atom is -0.489 e. The highest BCUT2D eigenvalue weighted by atomic mass is 32.1. The number of hydrogen-bond acceptors (Lipinski definition) is 17. The molecule has 1 aromatic heterocycles. The number of aliphatic carboxylic acids is 1. The molecule has 1 fully saturated rings.